The van der Waals surface area contributed by atoms with E-state index in [1.165, 1.54) is 0 Å². The van der Waals surface area contributed by atoms with Crippen molar-refractivity contribution in [3.8, 4) is 10.7 Å². The number of carbonyl (C=O) groups is 1. The molecule has 1 N–H and O–H groups in total. The van der Waals surface area contributed by atoms with E-state index in [1.54, 1.807) is 28.3 Å². The van der Waals surface area contributed by atoms with Crippen molar-refractivity contribution >= 4 is 17.3 Å². The van der Waals surface area contributed by atoms with Crippen molar-refractivity contribution in [3.05, 3.63) is 29.9 Å². The lowest BCUT2D eigenvalue weighted by molar-refractivity contribution is -0.141. The molecule has 17 heavy (non-hydrogen) atoms. The van der Waals surface area contributed by atoms with Crippen molar-refractivity contribution in [2.45, 2.75) is 18.9 Å². The van der Waals surface area contributed by atoms with Gasteiger partial charge in [-0.15, -0.1) is 11.3 Å². The summed E-state index contributed by atoms with van der Waals surface area (Å²) in [4.78, 5) is 16.7. The normalized spacial score (nSPS) is 16.9. The number of hydrogen-bond donors (Lipinski definition) is 1. The van der Waals surface area contributed by atoms with Crippen molar-refractivity contribution in [2.75, 3.05) is 0 Å². The Morgan fingerprint density at radius 1 is 1.59 bits per heavy atom. The lowest BCUT2D eigenvalue weighted by Gasteiger charge is -2.15. The number of carboxylic acids is 1. The summed E-state index contributed by atoms with van der Waals surface area (Å²) in [6.07, 6.45) is 5.44. The highest BCUT2D eigenvalue weighted by atomic mass is 32.1. The summed E-state index contributed by atoms with van der Waals surface area (Å²) in [6, 6.07) is 3.45. The monoisotopic (exact) mass is 248 g/mol. The number of nitrogens with zero attached hydrogens (tertiary/aromatic N) is 2. The summed E-state index contributed by atoms with van der Waals surface area (Å²) in [5.74, 6) is 0.267. The van der Waals surface area contributed by atoms with E-state index in [9.17, 15) is 9.90 Å². The molecule has 0 aromatic carbocycles. The molecule has 2 aromatic rings. The zero-order valence-corrected chi connectivity index (χ0v) is 9.93. The molecule has 5 heteroatoms. The molecule has 0 amide bonds. The minimum Gasteiger partial charge on any atom is -0.480 e. The first-order valence-corrected chi connectivity index (χ1v) is 6.45. The van der Waals surface area contributed by atoms with Gasteiger partial charge in [-0.3, -0.25) is 0 Å². The molecule has 2 aromatic heterocycles. The second-order valence-electron chi connectivity index (χ2n) is 4.26. The van der Waals surface area contributed by atoms with Crippen LogP contribution in [0.1, 0.15) is 18.9 Å². The molecule has 0 spiro atoms. The summed E-state index contributed by atoms with van der Waals surface area (Å²) in [6.45, 7) is 0. The third kappa shape index (κ3) is 1.86. The van der Waals surface area contributed by atoms with Gasteiger partial charge in [0.2, 0.25) is 0 Å². The van der Waals surface area contributed by atoms with Crippen LogP contribution in [0.5, 0.6) is 0 Å². The van der Waals surface area contributed by atoms with Gasteiger partial charge in [-0.1, -0.05) is 6.07 Å². The van der Waals surface area contributed by atoms with Crippen LogP contribution in [0.15, 0.2) is 29.9 Å². The van der Waals surface area contributed by atoms with Crippen molar-refractivity contribution in [1.82, 2.24) is 9.55 Å². The topological polar surface area (TPSA) is 55.1 Å². The predicted molar refractivity (Wildman–Crippen MR) is 64.9 cm³/mol. The number of hydrogen-bond acceptors (Lipinski definition) is 3. The highest BCUT2D eigenvalue weighted by Gasteiger charge is 2.38. The molecule has 1 aliphatic rings. The fourth-order valence-electron chi connectivity index (χ4n) is 2.09. The second kappa shape index (κ2) is 4.00. The van der Waals surface area contributed by atoms with Gasteiger partial charge >= 0.3 is 5.97 Å². The van der Waals surface area contributed by atoms with Crippen molar-refractivity contribution in [3.63, 3.8) is 0 Å². The molecule has 3 rings (SSSR count). The Balaban J connectivity index is 2.02. The van der Waals surface area contributed by atoms with Gasteiger partial charge in [-0.25, -0.2) is 9.78 Å². The molecule has 0 saturated heterocycles. The smallest absolute Gasteiger partial charge is 0.327 e. The quantitative estimate of drug-likeness (QED) is 0.905. The van der Waals surface area contributed by atoms with Crippen LogP contribution in [0, 0.1) is 5.92 Å². The van der Waals surface area contributed by atoms with Crippen molar-refractivity contribution in [2.24, 2.45) is 5.92 Å². The molecular formula is C12H12N2O2S. The Morgan fingerprint density at radius 2 is 2.41 bits per heavy atom. The second-order valence-corrected chi connectivity index (χ2v) is 5.20. The third-order valence-corrected chi connectivity index (χ3v) is 3.90. The fraction of sp³-hybridized carbons (Fsp3) is 0.333. The fourth-order valence-corrected chi connectivity index (χ4v) is 2.82. The number of carboxylic acid groups (broad SMARTS) is 1. The summed E-state index contributed by atoms with van der Waals surface area (Å²) in [5.41, 5.74) is 0. The SMILES string of the molecule is O=C(O)C(C1CC1)n1ccnc1-c1cccs1. The summed E-state index contributed by atoms with van der Waals surface area (Å²) in [7, 11) is 0. The summed E-state index contributed by atoms with van der Waals surface area (Å²) >= 11 is 1.58. The van der Waals surface area contributed by atoms with E-state index >= 15 is 0 Å². The standard InChI is InChI=1S/C12H12N2O2S/c15-12(16)10(8-3-4-8)14-6-5-13-11(14)9-2-1-7-17-9/h1-2,5-8,10H,3-4H2,(H,15,16). The molecule has 1 unspecified atom stereocenters. The van der Waals surface area contributed by atoms with Gasteiger partial charge < -0.3 is 9.67 Å². The number of aromatic nitrogens is 2. The lowest BCUT2D eigenvalue weighted by Crippen LogP contribution is -2.21. The molecule has 4 nitrogen and oxygen atoms in total. The molecule has 0 bridgehead atoms. The zero-order chi connectivity index (χ0) is 11.8. The largest absolute Gasteiger partial charge is 0.480 e. The van der Waals surface area contributed by atoms with Crippen LogP contribution in [0.3, 0.4) is 0 Å². The van der Waals surface area contributed by atoms with E-state index in [2.05, 4.69) is 4.98 Å². The Kier molecular flexibility index (Phi) is 2.48. The van der Waals surface area contributed by atoms with Crippen molar-refractivity contribution < 1.29 is 9.90 Å². The third-order valence-electron chi connectivity index (χ3n) is 3.03. The van der Waals surface area contributed by atoms with E-state index in [0.29, 0.717) is 0 Å². The molecule has 0 radical (unpaired) electrons. The Labute approximate surface area is 103 Å². The highest BCUT2D eigenvalue weighted by molar-refractivity contribution is 7.13. The van der Waals surface area contributed by atoms with Gasteiger partial charge in [0.05, 0.1) is 4.88 Å². The van der Waals surface area contributed by atoms with Crippen LogP contribution in [-0.2, 0) is 4.79 Å². The minimum absolute atomic E-state index is 0.264. The molecular weight excluding hydrogens is 236 g/mol. The Hall–Kier alpha value is -1.62. The molecule has 1 fully saturated rings. The van der Waals surface area contributed by atoms with E-state index in [0.717, 1.165) is 23.5 Å². The van der Waals surface area contributed by atoms with Crippen LogP contribution < -0.4 is 0 Å². The van der Waals surface area contributed by atoms with E-state index in [-0.39, 0.29) is 5.92 Å². The molecule has 1 saturated carbocycles. The molecule has 2 heterocycles. The molecule has 1 aliphatic carbocycles. The predicted octanol–water partition coefficient (Wildman–Crippen LogP) is 2.65. The van der Waals surface area contributed by atoms with Crippen LogP contribution in [0.25, 0.3) is 10.7 Å². The molecule has 1 atom stereocenters. The average molecular weight is 248 g/mol. The average Bonchev–Trinajstić information content (AvgIpc) is 2.81. The first-order chi connectivity index (χ1) is 8.27. The summed E-state index contributed by atoms with van der Waals surface area (Å²) in [5, 5.41) is 11.3. The molecule has 0 aliphatic heterocycles. The molecule has 88 valence electrons. The van der Waals surface area contributed by atoms with Crippen LogP contribution in [0.2, 0.25) is 0 Å². The number of rotatable bonds is 4. The van der Waals surface area contributed by atoms with Gasteiger partial charge in [0, 0.05) is 12.4 Å². The van der Waals surface area contributed by atoms with Crippen LogP contribution in [-0.4, -0.2) is 20.6 Å². The maximum Gasteiger partial charge on any atom is 0.327 e. The number of thiophene rings is 1. The van der Waals surface area contributed by atoms with Gasteiger partial charge in [-0.2, -0.15) is 0 Å². The van der Waals surface area contributed by atoms with Gasteiger partial charge in [0.1, 0.15) is 6.04 Å². The van der Waals surface area contributed by atoms with E-state index in [4.69, 9.17) is 0 Å². The van der Waals surface area contributed by atoms with Gasteiger partial charge in [0.25, 0.3) is 0 Å². The summed E-state index contributed by atoms with van der Waals surface area (Å²) < 4.78 is 1.80. The maximum atomic E-state index is 11.4. The zero-order valence-electron chi connectivity index (χ0n) is 9.11. The van der Waals surface area contributed by atoms with Gasteiger partial charge in [0.15, 0.2) is 5.82 Å². The van der Waals surface area contributed by atoms with Crippen molar-refractivity contribution in [1.29, 1.82) is 0 Å². The number of aliphatic carboxylic acids is 1. The highest BCUT2D eigenvalue weighted by Crippen LogP contribution is 2.41. The first kappa shape index (κ1) is 10.5. The van der Waals surface area contributed by atoms with Gasteiger partial charge in [-0.05, 0) is 30.2 Å². The Bertz CT molecular complexity index is 528. The van der Waals surface area contributed by atoms with Crippen LogP contribution in [0.4, 0.5) is 0 Å². The Morgan fingerprint density at radius 3 is 3.00 bits per heavy atom. The number of imidazole rings is 1. The minimum atomic E-state index is -0.761. The lowest BCUT2D eigenvalue weighted by atomic mass is 10.2. The first-order valence-electron chi connectivity index (χ1n) is 5.57. The van der Waals surface area contributed by atoms with E-state index < -0.39 is 12.0 Å². The van der Waals surface area contributed by atoms with Crippen LogP contribution >= 0.6 is 11.3 Å². The maximum absolute atomic E-state index is 11.4. The van der Waals surface area contributed by atoms with E-state index in [1.807, 2.05) is 17.5 Å².